The van der Waals surface area contributed by atoms with Crippen molar-refractivity contribution in [2.24, 2.45) is 5.92 Å². The maximum absolute atomic E-state index is 12.0. The molecule has 0 spiro atoms. The molecule has 8 nitrogen and oxygen atoms in total. The minimum atomic E-state index is -0.461. The predicted molar refractivity (Wildman–Crippen MR) is 93.0 cm³/mol. The first kappa shape index (κ1) is 20.9. The van der Waals surface area contributed by atoms with Crippen molar-refractivity contribution in [1.82, 2.24) is 20.8 Å². The number of carbonyl (C=O) groups is 2. The molecular formula is C17H30N4O4. The maximum Gasteiger partial charge on any atom is 0.407 e. The molecular weight excluding hydrogens is 324 g/mol. The van der Waals surface area contributed by atoms with Crippen molar-refractivity contribution in [3.8, 4) is 0 Å². The molecule has 8 heteroatoms. The fourth-order valence-electron chi connectivity index (χ4n) is 2.36. The monoisotopic (exact) mass is 354 g/mol. The van der Waals surface area contributed by atoms with Gasteiger partial charge in [0.25, 0.3) is 0 Å². The molecule has 1 heterocycles. The van der Waals surface area contributed by atoms with Gasteiger partial charge in [-0.2, -0.15) is 4.98 Å². The Hall–Kier alpha value is -2.12. The van der Waals surface area contributed by atoms with Crippen LogP contribution in [0, 0.1) is 5.92 Å². The first-order valence-electron chi connectivity index (χ1n) is 8.96. The Labute approximate surface area is 149 Å². The van der Waals surface area contributed by atoms with Crippen LogP contribution in [0.2, 0.25) is 0 Å². The highest BCUT2D eigenvalue weighted by Crippen LogP contribution is 2.06. The molecule has 25 heavy (non-hydrogen) atoms. The Balaban J connectivity index is 2.37. The number of ether oxygens (including phenoxy) is 1. The van der Waals surface area contributed by atoms with Gasteiger partial charge < -0.3 is 19.9 Å². The number of nitrogens with one attached hydrogen (secondary N) is 2. The summed E-state index contributed by atoms with van der Waals surface area (Å²) in [6.07, 6.45) is 2.68. The second kappa shape index (κ2) is 11.4. The molecule has 0 radical (unpaired) electrons. The second-order valence-electron chi connectivity index (χ2n) is 6.35. The second-order valence-corrected chi connectivity index (χ2v) is 6.35. The quantitative estimate of drug-likeness (QED) is 0.631. The van der Waals surface area contributed by atoms with Crippen LogP contribution in [0.25, 0.3) is 0 Å². The topological polar surface area (TPSA) is 106 Å². The summed E-state index contributed by atoms with van der Waals surface area (Å²) in [6.45, 7) is 8.59. The minimum Gasteiger partial charge on any atom is -0.450 e. The van der Waals surface area contributed by atoms with Gasteiger partial charge >= 0.3 is 6.09 Å². The largest absolute Gasteiger partial charge is 0.450 e. The van der Waals surface area contributed by atoms with Crippen molar-refractivity contribution < 1.29 is 18.8 Å². The third-order valence-corrected chi connectivity index (χ3v) is 3.45. The van der Waals surface area contributed by atoms with Crippen molar-refractivity contribution >= 4 is 12.0 Å². The Morgan fingerprint density at radius 3 is 2.64 bits per heavy atom. The summed E-state index contributed by atoms with van der Waals surface area (Å²) in [6, 6.07) is -0.164. The molecule has 1 unspecified atom stereocenters. The number of aromatic nitrogens is 2. The van der Waals surface area contributed by atoms with E-state index < -0.39 is 6.09 Å². The van der Waals surface area contributed by atoms with Crippen LogP contribution in [0.15, 0.2) is 4.52 Å². The van der Waals surface area contributed by atoms with Gasteiger partial charge in [-0.15, -0.1) is 0 Å². The summed E-state index contributed by atoms with van der Waals surface area (Å²) < 4.78 is 10.0. The van der Waals surface area contributed by atoms with Crippen LogP contribution in [0.5, 0.6) is 0 Å². The third kappa shape index (κ3) is 9.07. The van der Waals surface area contributed by atoms with E-state index in [0.29, 0.717) is 37.2 Å². The van der Waals surface area contributed by atoms with Crippen LogP contribution in [-0.4, -0.2) is 41.3 Å². The summed E-state index contributed by atoms with van der Waals surface area (Å²) >= 11 is 0. The molecule has 0 aliphatic heterocycles. The highest BCUT2D eigenvalue weighted by Gasteiger charge is 2.16. The van der Waals surface area contributed by atoms with Crippen molar-refractivity contribution in [2.75, 3.05) is 13.2 Å². The average Bonchev–Trinajstić information content (AvgIpc) is 2.98. The van der Waals surface area contributed by atoms with E-state index in [-0.39, 0.29) is 18.4 Å². The number of hydrogen-bond donors (Lipinski definition) is 2. The van der Waals surface area contributed by atoms with Crippen LogP contribution in [-0.2, 0) is 22.4 Å². The van der Waals surface area contributed by atoms with Crippen molar-refractivity contribution in [1.29, 1.82) is 0 Å². The minimum absolute atomic E-state index is 0.116. The number of carbonyl (C=O) groups excluding carboxylic acids is 2. The molecule has 1 atom stereocenters. The molecule has 0 bridgehead atoms. The fraction of sp³-hybridized carbons (Fsp3) is 0.765. The highest BCUT2D eigenvalue weighted by molar-refractivity contribution is 5.76. The van der Waals surface area contributed by atoms with Crippen molar-refractivity contribution in [2.45, 2.75) is 65.8 Å². The van der Waals surface area contributed by atoms with Gasteiger partial charge in [-0.3, -0.25) is 4.79 Å². The van der Waals surface area contributed by atoms with Crippen LogP contribution >= 0.6 is 0 Å². The van der Waals surface area contributed by atoms with Crippen LogP contribution in [0.3, 0.4) is 0 Å². The van der Waals surface area contributed by atoms with E-state index in [4.69, 9.17) is 9.26 Å². The van der Waals surface area contributed by atoms with E-state index in [1.54, 1.807) is 6.92 Å². The highest BCUT2D eigenvalue weighted by atomic mass is 16.5. The summed E-state index contributed by atoms with van der Waals surface area (Å²) in [5, 5.41) is 9.48. The SMILES string of the molecule is CCCc1noc(CCC(=O)NCC(CC(C)C)NC(=O)OCC)n1. The number of amides is 2. The summed E-state index contributed by atoms with van der Waals surface area (Å²) in [5.74, 6) is 1.42. The van der Waals surface area contributed by atoms with Crippen LogP contribution < -0.4 is 10.6 Å². The number of rotatable bonds is 11. The van der Waals surface area contributed by atoms with Gasteiger partial charge in [0.15, 0.2) is 5.82 Å². The summed E-state index contributed by atoms with van der Waals surface area (Å²) in [5.41, 5.74) is 0. The van der Waals surface area contributed by atoms with Crippen molar-refractivity contribution in [3.05, 3.63) is 11.7 Å². The average molecular weight is 354 g/mol. The molecule has 142 valence electrons. The zero-order chi connectivity index (χ0) is 18.7. The van der Waals surface area contributed by atoms with E-state index in [9.17, 15) is 9.59 Å². The molecule has 0 saturated carbocycles. The van der Waals surface area contributed by atoms with Gasteiger partial charge in [0.05, 0.1) is 6.61 Å². The van der Waals surface area contributed by atoms with Crippen LogP contribution in [0.1, 0.15) is 58.7 Å². The molecule has 0 aliphatic carbocycles. The Bertz CT molecular complexity index is 530. The van der Waals surface area contributed by atoms with Gasteiger partial charge in [0.2, 0.25) is 11.8 Å². The zero-order valence-electron chi connectivity index (χ0n) is 15.6. The molecule has 0 aromatic carbocycles. The van der Waals surface area contributed by atoms with Gasteiger partial charge in [0, 0.05) is 31.8 Å². The normalized spacial score (nSPS) is 12.0. The van der Waals surface area contributed by atoms with Gasteiger partial charge in [-0.25, -0.2) is 4.79 Å². The lowest BCUT2D eigenvalue weighted by Gasteiger charge is -2.20. The zero-order valence-corrected chi connectivity index (χ0v) is 15.6. The Kier molecular flexibility index (Phi) is 9.57. The van der Waals surface area contributed by atoms with Crippen LogP contribution in [0.4, 0.5) is 4.79 Å². The van der Waals surface area contributed by atoms with E-state index in [2.05, 4.69) is 34.6 Å². The van der Waals surface area contributed by atoms with E-state index in [1.165, 1.54) is 0 Å². The molecule has 0 aliphatic rings. The lowest BCUT2D eigenvalue weighted by atomic mass is 10.0. The molecule has 1 aromatic heterocycles. The molecule has 2 N–H and O–H groups in total. The lowest BCUT2D eigenvalue weighted by molar-refractivity contribution is -0.121. The Morgan fingerprint density at radius 1 is 1.24 bits per heavy atom. The Morgan fingerprint density at radius 2 is 2.00 bits per heavy atom. The summed E-state index contributed by atoms with van der Waals surface area (Å²) in [7, 11) is 0. The first-order chi connectivity index (χ1) is 11.9. The lowest BCUT2D eigenvalue weighted by Crippen LogP contribution is -2.44. The molecule has 0 fully saturated rings. The number of alkyl carbamates (subject to hydrolysis) is 1. The predicted octanol–water partition coefficient (Wildman–Crippen LogP) is 2.23. The number of nitrogens with zero attached hydrogens (tertiary/aromatic N) is 2. The summed E-state index contributed by atoms with van der Waals surface area (Å²) in [4.78, 5) is 27.8. The van der Waals surface area contributed by atoms with Crippen molar-refractivity contribution in [3.63, 3.8) is 0 Å². The first-order valence-corrected chi connectivity index (χ1v) is 8.96. The van der Waals surface area contributed by atoms with E-state index >= 15 is 0 Å². The number of aryl methyl sites for hydroxylation is 2. The smallest absolute Gasteiger partial charge is 0.407 e. The van der Waals surface area contributed by atoms with Gasteiger partial charge in [-0.05, 0) is 25.7 Å². The maximum atomic E-state index is 12.0. The third-order valence-electron chi connectivity index (χ3n) is 3.45. The molecule has 0 saturated heterocycles. The molecule has 2 amide bonds. The molecule has 1 aromatic rings. The van der Waals surface area contributed by atoms with E-state index in [0.717, 1.165) is 19.3 Å². The van der Waals surface area contributed by atoms with E-state index in [1.807, 2.05) is 6.92 Å². The van der Waals surface area contributed by atoms with Gasteiger partial charge in [0.1, 0.15) is 0 Å². The standard InChI is InChI=1S/C17H30N4O4/c1-5-7-14-20-16(25-21-14)9-8-15(22)18-11-13(10-12(3)4)19-17(23)24-6-2/h12-13H,5-11H2,1-4H3,(H,18,22)(H,19,23). The fourth-order valence-corrected chi connectivity index (χ4v) is 2.36. The van der Waals surface area contributed by atoms with Gasteiger partial charge in [-0.1, -0.05) is 25.9 Å². The number of hydrogen-bond acceptors (Lipinski definition) is 6. The molecule has 1 rings (SSSR count).